The number of anilines is 2. The molecule has 0 radical (unpaired) electrons. The van der Waals surface area contributed by atoms with Crippen molar-refractivity contribution in [1.29, 1.82) is 0 Å². The van der Waals surface area contributed by atoms with Crippen LogP contribution in [0.5, 0.6) is 0 Å². The van der Waals surface area contributed by atoms with E-state index >= 15 is 0 Å². The number of alkyl halides is 10. The number of halogens is 10. The molecule has 0 fully saturated rings. The largest absolute Gasteiger partial charge is 0.416 e. The summed E-state index contributed by atoms with van der Waals surface area (Å²) in [7, 11) is 0. The van der Waals surface area contributed by atoms with E-state index in [0.717, 1.165) is 12.1 Å². The van der Waals surface area contributed by atoms with Crippen molar-refractivity contribution in [1.82, 2.24) is 0 Å². The minimum atomic E-state index is -5.15. The molecule has 0 unspecified atom stereocenters. The molecule has 0 atom stereocenters. The third-order valence-electron chi connectivity index (χ3n) is 3.62. The average molecular weight is 448 g/mol. The van der Waals surface area contributed by atoms with Crippen molar-refractivity contribution in [2.24, 2.45) is 0 Å². The molecular weight excluding hydrogens is 438 g/mol. The minimum absolute atomic E-state index is 0.154. The fourth-order valence-electron chi connectivity index (χ4n) is 2.25. The lowest BCUT2D eigenvalue weighted by Crippen LogP contribution is -2.24. The second-order valence-electron chi connectivity index (χ2n) is 5.88. The highest BCUT2D eigenvalue weighted by Gasteiger charge is 2.42. The van der Waals surface area contributed by atoms with Crippen molar-refractivity contribution in [3.8, 4) is 0 Å². The maximum atomic E-state index is 13.4. The highest BCUT2D eigenvalue weighted by molar-refractivity contribution is 5.99. The number of hydrogen-bond donors (Lipinski definition) is 2. The summed E-state index contributed by atoms with van der Waals surface area (Å²) in [6.07, 6.45) is -14.3. The van der Waals surface area contributed by atoms with Crippen LogP contribution in [0.1, 0.15) is 16.7 Å². The Kier molecular flexibility index (Phi) is 6.23. The summed E-state index contributed by atoms with van der Waals surface area (Å²) in [6, 6.07) is 1.95. The molecule has 0 spiro atoms. The van der Waals surface area contributed by atoms with Gasteiger partial charge in [-0.2, -0.15) is 35.1 Å². The number of benzene rings is 2. The average Bonchev–Trinajstić information content (AvgIpc) is 2.59. The van der Waals surface area contributed by atoms with Gasteiger partial charge in [-0.25, -0.2) is 13.6 Å². The van der Waals surface area contributed by atoms with Crippen LogP contribution in [0.3, 0.4) is 0 Å². The van der Waals surface area contributed by atoms with Gasteiger partial charge in [0.1, 0.15) is 0 Å². The van der Waals surface area contributed by atoms with Crippen molar-refractivity contribution in [2.75, 3.05) is 10.6 Å². The van der Waals surface area contributed by atoms with E-state index in [1.54, 1.807) is 5.32 Å². The number of carbonyl (C=O) groups is 1. The standard InChI is InChI=1S/C17H10F10N2O/c18-13(19)15(20,21)8-2-1-3-11(5-8)28-14(30)29-12-6-9(16(22,23)24)4-10(7-12)17(25,26)27/h1-7,13H,(H2,28,29,30). The Morgan fingerprint density at radius 3 is 1.63 bits per heavy atom. The zero-order valence-electron chi connectivity index (χ0n) is 14.3. The molecule has 0 bridgehead atoms. The quantitative estimate of drug-likeness (QED) is 0.501. The van der Waals surface area contributed by atoms with Crippen LogP contribution >= 0.6 is 0 Å². The van der Waals surface area contributed by atoms with E-state index in [2.05, 4.69) is 0 Å². The second kappa shape index (κ2) is 8.03. The highest BCUT2D eigenvalue weighted by atomic mass is 19.4. The van der Waals surface area contributed by atoms with Crippen LogP contribution in [0, 0.1) is 0 Å². The molecule has 0 aliphatic heterocycles. The monoisotopic (exact) mass is 448 g/mol. The predicted molar refractivity (Wildman–Crippen MR) is 85.4 cm³/mol. The maximum Gasteiger partial charge on any atom is 0.416 e. The molecule has 0 saturated heterocycles. The normalized spacial score (nSPS) is 12.8. The van der Waals surface area contributed by atoms with E-state index < -0.39 is 58.8 Å². The lowest BCUT2D eigenvalue weighted by atomic mass is 10.1. The molecular formula is C17H10F10N2O. The van der Waals surface area contributed by atoms with E-state index in [9.17, 15) is 48.7 Å². The van der Waals surface area contributed by atoms with Gasteiger partial charge in [-0.05, 0) is 30.3 Å². The number of amides is 2. The molecule has 2 rings (SSSR count). The van der Waals surface area contributed by atoms with Crippen molar-refractivity contribution in [2.45, 2.75) is 24.7 Å². The number of urea groups is 1. The predicted octanol–water partition coefficient (Wildman–Crippen LogP) is 6.73. The lowest BCUT2D eigenvalue weighted by molar-refractivity contribution is -0.143. The molecule has 0 saturated carbocycles. The van der Waals surface area contributed by atoms with Gasteiger partial charge in [-0.3, -0.25) is 0 Å². The van der Waals surface area contributed by atoms with Gasteiger partial charge in [0, 0.05) is 16.9 Å². The van der Waals surface area contributed by atoms with Gasteiger partial charge in [0.05, 0.1) is 11.1 Å². The summed E-state index contributed by atoms with van der Waals surface area (Å²) >= 11 is 0. The van der Waals surface area contributed by atoms with E-state index in [-0.39, 0.29) is 18.2 Å². The molecule has 0 aliphatic carbocycles. The Labute approximate surface area is 161 Å². The molecule has 0 aliphatic rings. The topological polar surface area (TPSA) is 41.1 Å². The summed E-state index contributed by atoms with van der Waals surface area (Å²) in [6.45, 7) is 0. The zero-order chi connectivity index (χ0) is 22.9. The van der Waals surface area contributed by atoms with Crippen molar-refractivity contribution in [3.05, 3.63) is 59.2 Å². The van der Waals surface area contributed by atoms with Crippen LogP contribution in [0.15, 0.2) is 42.5 Å². The molecule has 2 amide bonds. The Balaban J connectivity index is 2.27. The van der Waals surface area contributed by atoms with Crippen LogP contribution in [-0.4, -0.2) is 12.5 Å². The van der Waals surface area contributed by atoms with Crippen LogP contribution in [0.2, 0.25) is 0 Å². The van der Waals surface area contributed by atoms with Gasteiger partial charge in [0.25, 0.3) is 0 Å². The first-order valence-corrected chi connectivity index (χ1v) is 7.74. The molecule has 3 nitrogen and oxygen atoms in total. The van der Waals surface area contributed by atoms with Crippen LogP contribution in [0.4, 0.5) is 60.1 Å². The van der Waals surface area contributed by atoms with Crippen molar-refractivity contribution in [3.63, 3.8) is 0 Å². The van der Waals surface area contributed by atoms with Gasteiger partial charge < -0.3 is 10.6 Å². The van der Waals surface area contributed by atoms with E-state index in [4.69, 9.17) is 0 Å². The van der Waals surface area contributed by atoms with Crippen LogP contribution in [0.25, 0.3) is 0 Å². The first kappa shape index (κ1) is 23.3. The third kappa shape index (κ3) is 5.54. The fraction of sp³-hybridized carbons (Fsp3) is 0.235. The van der Waals surface area contributed by atoms with Gasteiger partial charge in [0.2, 0.25) is 0 Å². The Bertz CT molecular complexity index is 889. The highest BCUT2D eigenvalue weighted by Crippen LogP contribution is 2.38. The number of rotatable bonds is 4. The summed E-state index contributed by atoms with van der Waals surface area (Å²) < 4.78 is 128. The van der Waals surface area contributed by atoms with Gasteiger partial charge >= 0.3 is 30.7 Å². The molecule has 0 aromatic heterocycles. The van der Waals surface area contributed by atoms with Gasteiger partial charge in [0.15, 0.2) is 0 Å². The molecule has 30 heavy (non-hydrogen) atoms. The molecule has 2 N–H and O–H groups in total. The van der Waals surface area contributed by atoms with Gasteiger partial charge in [-0.15, -0.1) is 0 Å². The maximum absolute atomic E-state index is 13.4. The van der Waals surface area contributed by atoms with E-state index in [1.807, 2.05) is 5.32 Å². The van der Waals surface area contributed by atoms with Crippen molar-refractivity contribution >= 4 is 17.4 Å². The summed E-state index contributed by atoms with van der Waals surface area (Å²) in [4.78, 5) is 11.9. The fourth-order valence-corrected chi connectivity index (χ4v) is 2.25. The van der Waals surface area contributed by atoms with Gasteiger partial charge in [-0.1, -0.05) is 12.1 Å². The molecule has 13 heteroatoms. The number of nitrogens with one attached hydrogen (secondary N) is 2. The summed E-state index contributed by atoms with van der Waals surface area (Å²) in [5, 5.41) is 3.58. The van der Waals surface area contributed by atoms with E-state index in [0.29, 0.717) is 12.1 Å². The molecule has 164 valence electrons. The first-order chi connectivity index (χ1) is 13.6. The Morgan fingerprint density at radius 2 is 1.17 bits per heavy atom. The van der Waals surface area contributed by atoms with Crippen molar-refractivity contribution < 1.29 is 48.7 Å². The summed E-state index contributed by atoms with van der Waals surface area (Å²) in [5.41, 5.74) is -5.87. The zero-order valence-corrected chi connectivity index (χ0v) is 14.3. The van der Waals surface area contributed by atoms with Crippen LogP contribution < -0.4 is 10.6 Å². The smallest absolute Gasteiger partial charge is 0.308 e. The number of hydrogen-bond acceptors (Lipinski definition) is 1. The third-order valence-corrected chi connectivity index (χ3v) is 3.62. The van der Waals surface area contributed by atoms with Crippen LogP contribution in [-0.2, 0) is 18.3 Å². The van der Waals surface area contributed by atoms with E-state index in [1.165, 1.54) is 0 Å². The SMILES string of the molecule is O=C(Nc1cc(C(F)(F)F)cc(C(F)(F)F)c1)Nc1cccc(C(F)(F)C(F)F)c1. The Hall–Kier alpha value is -2.99. The molecule has 2 aromatic carbocycles. The minimum Gasteiger partial charge on any atom is -0.308 e. The lowest BCUT2D eigenvalue weighted by Gasteiger charge is -2.17. The molecule has 2 aromatic rings. The Morgan fingerprint density at radius 1 is 0.700 bits per heavy atom. The summed E-state index contributed by atoms with van der Waals surface area (Å²) in [5.74, 6) is -4.54. The number of carbonyl (C=O) groups excluding carboxylic acids is 1. The first-order valence-electron chi connectivity index (χ1n) is 7.74. The molecule has 0 heterocycles. The second-order valence-corrected chi connectivity index (χ2v) is 5.88.